The monoisotopic (exact) mass is 247 g/mol. The molecule has 1 aliphatic carbocycles. The molecule has 0 amide bonds. The van der Waals surface area contributed by atoms with Crippen LogP contribution in [0.3, 0.4) is 0 Å². The molecule has 18 heavy (non-hydrogen) atoms. The van der Waals surface area contributed by atoms with Gasteiger partial charge in [-0.05, 0) is 50.1 Å². The van der Waals surface area contributed by atoms with Gasteiger partial charge in [-0.25, -0.2) is 0 Å². The van der Waals surface area contributed by atoms with Crippen molar-refractivity contribution in [3.8, 4) is 0 Å². The molecule has 1 aromatic rings. The SMILES string of the molecule is COCCCC(CNC1CC1)Cc1ccccc1. The molecule has 0 spiro atoms. The van der Waals surface area contributed by atoms with Gasteiger partial charge in [0.15, 0.2) is 0 Å². The molecule has 1 unspecified atom stereocenters. The smallest absolute Gasteiger partial charge is 0.0462 e. The number of rotatable bonds is 9. The first kappa shape index (κ1) is 13.6. The van der Waals surface area contributed by atoms with Crippen LogP contribution >= 0.6 is 0 Å². The van der Waals surface area contributed by atoms with Crippen LogP contribution in [0.25, 0.3) is 0 Å². The first-order valence-corrected chi connectivity index (χ1v) is 7.14. The van der Waals surface area contributed by atoms with Gasteiger partial charge in [-0.3, -0.25) is 0 Å². The van der Waals surface area contributed by atoms with E-state index in [9.17, 15) is 0 Å². The van der Waals surface area contributed by atoms with Crippen LogP contribution in [-0.2, 0) is 11.2 Å². The van der Waals surface area contributed by atoms with Crippen molar-refractivity contribution in [2.24, 2.45) is 5.92 Å². The summed E-state index contributed by atoms with van der Waals surface area (Å²) in [6, 6.07) is 11.6. The number of ether oxygens (including phenoxy) is 1. The summed E-state index contributed by atoms with van der Waals surface area (Å²) in [5.74, 6) is 0.739. The average molecular weight is 247 g/mol. The normalized spacial score (nSPS) is 16.7. The van der Waals surface area contributed by atoms with E-state index < -0.39 is 0 Å². The standard InChI is InChI=1S/C16H25NO/c1-18-11-5-8-15(13-17-16-9-10-16)12-14-6-3-2-4-7-14/h2-4,6-7,15-17H,5,8-13H2,1H3. The van der Waals surface area contributed by atoms with Crippen molar-refractivity contribution in [1.82, 2.24) is 5.32 Å². The first-order chi connectivity index (χ1) is 8.88. The van der Waals surface area contributed by atoms with Crippen molar-refractivity contribution in [3.63, 3.8) is 0 Å². The minimum Gasteiger partial charge on any atom is -0.385 e. The van der Waals surface area contributed by atoms with Crippen LogP contribution in [0.4, 0.5) is 0 Å². The quantitative estimate of drug-likeness (QED) is 0.677. The first-order valence-electron chi connectivity index (χ1n) is 7.14. The predicted molar refractivity (Wildman–Crippen MR) is 75.8 cm³/mol. The molecule has 1 N–H and O–H groups in total. The second-order valence-electron chi connectivity index (χ2n) is 5.37. The van der Waals surface area contributed by atoms with E-state index in [1.807, 2.05) is 0 Å². The molecule has 2 rings (SSSR count). The van der Waals surface area contributed by atoms with Crippen molar-refractivity contribution in [3.05, 3.63) is 35.9 Å². The second kappa shape index (κ2) is 7.55. The van der Waals surface area contributed by atoms with Crippen LogP contribution in [0, 0.1) is 5.92 Å². The van der Waals surface area contributed by atoms with Crippen molar-refractivity contribution >= 4 is 0 Å². The summed E-state index contributed by atoms with van der Waals surface area (Å²) in [4.78, 5) is 0. The van der Waals surface area contributed by atoms with E-state index in [0.717, 1.165) is 25.1 Å². The summed E-state index contributed by atoms with van der Waals surface area (Å²) < 4.78 is 5.16. The molecule has 1 saturated carbocycles. The molecule has 0 aromatic heterocycles. The maximum Gasteiger partial charge on any atom is 0.0462 e. The van der Waals surface area contributed by atoms with Crippen LogP contribution < -0.4 is 5.32 Å². The molecule has 1 aromatic carbocycles. The Morgan fingerprint density at radius 3 is 2.72 bits per heavy atom. The zero-order chi connectivity index (χ0) is 12.6. The van der Waals surface area contributed by atoms with Gasteiger partial charge in [0.05, 0.1) is 0 Å². The van der Waals surface area contributed by atoms with Crippen LogP contribution in [0.2, 0.25) is 0 Å². The minimum absolute atomic E-state index is 0.739. The molecule has 1 aliphatic rings. The lowest BCUT2D eigenvalue weighted by Gasteiger charge is -2.17. The number of hydrogen-bond donors (Lipinski definition) is 1. The van der Waals surface area contributed by atoms with Gasteiger partial charge in [-0.1, -0.05) is 30.3 Å². The molecule has 2 heteroatoms. The number of hydrogen-bond acceptors (Lipinski definition) is 2. The van der Waals surface area contributed by atoms with Gasteiger partial charge in [0.2, 0.25) is 0 Å². The molecule has 0 bridgehead atoms. The lowest BCUT2D eigenvalue weighted by Crippen LogP contribution is -2.26. The highest BCUT2D eigenvalue weighted by molar-refractivity contribution is 5.15. The van der Waals surface area contributed by atoms with E-state index in [-0.39, 0.29) is 0 Å². The predicted octanol–water partition coefficient (Wildman–Crippen LogP) is 3.02. The Balaban J connectivity index is 1.78. The number of nitrogens with one attached hydrogen (secondary N) is 1. The number of benzene rings is 1. The van der Waals surface area contributed by atoms with Gasteiger partial charge in [0, 0.05) is 19.8 Å². The highest BCUT2D eigenvalue weighted by Gasteiger charge is 2.21. The van der Waals surface area contributed by atoms with Crippen molar-refractivity contribution in [2.45, 2.75) is 38.1 Å². The van der Waals surface area contributed by atoms with E-state index in [4.69, 9.17) is 4.74 Å². The molecule has 1 fully saturated rings. The third kappa shape index (κ3) is 5.19. The summed E-state index contributed by atoms with van der Waals surface area (Å²) in [6.45, 7) is 2.04. The maximum atomic E-state index is 5.16. The van der Waals surface area contributed by atoms with E-state index in [0.29, 0.717) is 0 Å². The largest absolute Gasteiger partial charge is 0.385 e. The molecule has 0 radical (unpaired) electrons. The van der Waals surface area contributed by atoms with Crippen LogP contribution in [-0.4, -0.2) is 26.3 Å². The zero-order valence-corrected chi connectivity index (χ0v) is 11.4. The Kier molecular flexibility index (Phi) is 5.69. The molecule has 100 valence electrons. The Labute approximate surface area is 111 Å². The van der Waals surface area contributed by atoms with Gasteiger partial charge < -0.3 is 10.1 Å². The maximum absolute atomic E-state index is 5.16. The third-order valence-corrected chi connectivity index (χ3v) is 3.60. The van der Waals surface area contributed by atoms with Gasteiger partial charge in [0.25, 0.3) is 0 Å². The van der Waals surface area contributed by atoms with E-state index >= 15 is 0 Å². The van der Waals surface area contributed by atoms with Crippen LogP contribution in [0.15, 0.2) is 30.3 Å². The topological polar surface area (TPSA) is 21.3 Å². The van der Waals surface area contributed by atoms with E-state index in [1.165, 1.54) is 37.7 Å². The lowest BCUT2D eigenvalue weighted by atomic mass is 9.95. The van der Waals surface area contributed by atoms with Crippen LogP contribution in [0.1, 0.15) is 31.2 Å². The minimum atomic E-state index is 0.739. The van der Waals surface area contributed by atoms with Gasteiger partial charge in [-0.15, -0.1) is 0 Å². The van der Waals surface area contributed by atoms with E-state index in [2.05, 4.69) is 35.6 Å². The Hall–Kier alpha value is -0.860. The van der Waals surface area contributed by atoms with E-state index in [1.54, 1.807) is 7.11 Å². The molecule has 0 saturated heterocycles. The van der Waals surface area contributed by atoms with Gasteiger partial charge in [0.1, 0.15) is 0 Å². The molecule has 1 atom stereocenters. The highest BCUT2D eigenvalue weighted by Crippen LogP contribution is 2.20. The molecule has 2 nitrogen and oxygen atoms in total. The zero-order valence-electron chi connectivity index (χ0n) is 11.4. The fourth-order valence-corrected chi connectivity index (χ4v) is 2.36. The fraction of sp³-hybridized carbons (Fsp3) is 0.625. The summed E-state index contributed by atoms with van der Waals surface area (Å²) in [7, 11) is 1.79. The fourth-order valence-electron chi connectivity index (χ4n) is 2.36. The Bertz CT molecular complexity index is 321. The van der Waals surface area contributed by atoms with Gasteiger partial charge in [-0.2, -0.15) is 0 Å². The number of methoxy groups -OCH3 is 1. The Morgan fingerprint density at radius 1 is 1.28 bits per heavy atom. The third-order valence-electron chi connectivity index (χ3n) is 3.60. The van der Waals surface area contributed by atoms with Crippen molar-refractivity contribution < 1.29 is 4.74 Å². The summed E-state index contributed by atoms with van der Waals surface area (Å²) in [5.41, 5.74) is 1.46. The lowest BCUT2D eigenvalue weighted by molar-refractivity contribution is 0.186. The highest BCUT2D eigenvalue weighted by atomic mass is 16.5. The average Bonchev–Trinajstić information content (AvgIpc) is 3.21. The summed E-state index contributed by atoms with van der Waals surface area (Å²) in [5, 5.41) is 3.66. The molecular formula is C16H25NO. The summed E-state index contributed by atoms with van der Waals surface area (Å²) >= 11 is 0. The molecule has 0 heterocycles. The molecule has 0 aliphatic heterocycles. The van der Waals surface area contributed by atoms with Gasteiger partial charge >= 0.3 is 0 Å². The second-order valence-corrected chi connectivity index (χ2v) is 5.37. The van der Waals surface area contributed by atoms with Crippen LogP contribution in [0.5, 0.6) is 0 Å². The summed E-state index contributed by atoms with van der Waals surface area (Å²) in [6.07, 6.45) is 6.35. The van der Waals surface area contributed by atoms with Crippen molar-refractivity contribution in [1.29, 1.82) is 0 Å². The molecular weight excluding hydrogens is 222 g/mol. The Morgan fingerprint density at radius 2 is 2.06 bits per heavy atom. The van der Waals surface area contributed by atoms with Crippen molar-refractivity contribution in [2.75, 3.05) is 20.3 Å².